The summed E-state index contributed by atoms with van der Waals surface area (Å²) < 4.78 is 7.57. The Hall–Kier alpha value is -1.61. The lowest BCUT2D eigenvalue weighted by atomic mass is 10.2. The molecular formula is C16H24N2O. The molecule has 0 atom stereocenters. The molecule has 0 unspecified atom stereocenters. The number of rotatable bonds is 6. The quantitative estimate of drug-likeness (QED) is 0.738. The lowest BCUT2D eigenvalue weighted by Gasteiger charge is -2.04. The van der Waals surface area contributed by atoms with Crippen molar-refractivity contribution in [1.82, 2.24) is 9.78 Å². The lowest BCUT2D eigenvalue weighted by molar-refractivity contribution is 0.115. The third-order valence-electron chi connectivity index (χ3n) is 2.55. The largest absolute Gasteiger partial charge is 0.377 e. The molecule has 1 aromatic carbocycles. The van der Waals surface area contributed by atoms with Gasteiger partial charge in [0.1, 0.15) is 0 Å². The predicted octanol–water partition coefficient (Wildman–Crippen LogP) is 3.82. The number of hydrogen-bond acceptors (Lipinski definition) is 2. The Morgan fingerprint density at radius 1 is 1.16 bits per heavy atom. The monoisotopic (exact) mass is 260 g/mol. The molecule has 0 N–H and O–H groups in total. The first-order valence-corrected chi connectivity index (χ1v) is 6.95. The molecule has 0 fully saturated rings. The summed E-state index contributed by atoms with van der Waals surface area (Å²) in [5.74, 6) is 0. The SMILES string of the molecule is CC.Cc1cnn(CCCOCc2ccccc2)c1. The van der Waals surface area contributed by atoms with Crippen molar-refractivity contribution >= 4 is 0 Å². The summed E-state index contributed by atoms with van der Waals surface area (Å²) in [4.78, 5) is 0. The number of benzene rings is 1. The highest BCUT2D eigenvalue weighted by atomic mass is 16.5. The van der Waals surface area contributed by atoms with E-state index in [-0.39, 0.29) is 0 Å². The molecule has 0 saturated heterocycles. The number of nitrogens with zero attached hydrogens (tertiary/aromatic N) is 2. The highest BCUT2D eigenvalue weighted by Gasteiger charge is 1.95. The highest BCUT2D eigenvalue weighted by Crippen LogP contribution is 2.01. The molecule has 0 spiro atoms. The van der Waals surface area contributed by atoms with E-state index in [1.807, 2.05) is 42.9 Å². The van der Waals surface area contributed by atoms with Crippen LogP contribution in [0.15, 0.2) is 42.7 Å². The fourth-order valence-corrected chi connectivity index (χ4v) is 1.68. The second-order valence-electron chi connectivity index (χ2n) is 4.17. The second-order valence-corrected chi connectivity index (χ2v) is 4.17. The summed E-state index contributed by atoms with van der Waals surface area (Å²) >= 11 is 0. The first-order chi connectivity index (χ1) is 9.34. The van der Waals surface area contributed by atoms with E-state index < -0.39 is 0 Å². The van der Waals surface area contributed by atoms with Crippen molar-refractivity contribution in [3.05, 3.63) is 53.9 Å². The summed E-state index contributed by atoms with van der Waals surface area (Å²) in [6, 6.07) is 10.2. The Balaban J connectivity index is 0.000000861. The fourth-order valence-electron chi connectivity index (χ4n) is 1.68. The van der Waals surface area contributed by atoms with Crippen LogP contribution in [0.3, 0.4) is 0 Å². The maximum absolute atomic E-state index is 5.61. The minimum atomic E-state index is 0.693. The molecule has 0 aliphatic heterocycles. The van der Waals surface area contributed by atoms with Gasteiger partial charge in [0.25, 0.3) is 0 Å². The molecule has 1 aromatic heterocycles. The van der Waals surface area contributed by atoms with Crippen LogP contribution in [-0.2, 0) is 17.9 Å². The van der Waals surface area contributed by atoms with Crippen molar-refractivity contribution in [2.24, 2.45) is 0 Å². The van der Waals surface area contributed by atoms with Crippen molar-refractivity contribution in [2.45, 2.75) is 40.3 Å². The maximum atomic E-state index is 5.61. The summed E-state index contributed by atoms with van der Waals surface area (Å²) in [7, 11) is 0. The molecule has 2 rings (SSSR count). The Kier molecular flexibility index (Phi) is 7.59. The van der Waals surface area contributed by atoms with Crippen molar-refractivity contribution in [3.63, 3.8) is 0 Å². The average Bonchev–Trinajstić information content (AvgIpc) is 2.87. The predicted molar refractivity (Wildman–Crippen MR) is 79.0 cm³/mol. The van der Waals surface area contributed by atoms with Gasteiger partial charge in [-0.05, 0) is 24.5 Å². The van der Waals surface area contributed by atoms with Crippen LogP contribution in [0.1, 0.15) is 31.4 Å². The van der Waals surface area contributed by atoms with Crippen LogP contribution < -0.4 is 0 Å². The van der Waals surface area contributed by atoms with Gasteiger partial charge in [0, 0.05) is 19.3 Å². The van der Waals surface area contributed by atoms with Crippen molar-refractivity contribution in [1.29, 1.82) is 0 Å². The zero-order chi connectivity index (χ0) is 13.9. The number of aromatic nitrogens is 2. The average molecular weight is 260 g/mol. The first-order valence-electron chi connectivity index (χ1n) is 6.95. The Morgan fingerprint density at radius 3 is 2.53 bits per heavy atom. The van der Waals surface area contributed by atoms with Gasteiger partial charge in [0.15, 0.2) is 0 Å². The molecule has 1 heterocycles. The zero-order valence-corrected chi connectivity index (χ0v) is 12.2. The lowest BCUT2D eigenvalue weighted by Crippen LogP contribution is -2.03. The van der Waals surface area contributed by atoms with Gasteiger partial charge in [-0.15, -0.1) is 0 Å². The van der Waals surface area contributed by atoms with Gasteiger partial charge >= 0.3 is 0 Å². The van der Waals surface area contributed by atoms with E-state index in [0.717, 1.165) is 19.6 Å². The number of ether oxygens (including phenoxy) is 1. The van der Waals surface area contributed by atoms with Gasteiger partial charge in [0.05, 0.1) is 12.8 Å². The molecule has 19 heavy (non-hydrogen) atoms. The molecule has 0 aliphatic carbocycles. The molecule has 2 aromatic rings. The third-order valence-corrected chi connectivity index (χ3v) is 2.55. The fraction of sp³-hybridized carbons (Fsp3) is 0.438. The van der Waals surface area contributed by atoms with Gasteiger partial charge in [-0.3, -0.25) is 4.68 Å². The van der Waals surface area contributed by atoms with E-state index in [0.29, 0.717) is 6.61 Å². The van der Waals surface area contributed by atoms with Gasteiger partial charge in [-0.1, -0.05) is 44.2 Å². The molecule has 0 amide bonds. The van der Waals surface area contributed by atoms with E-state index in [9.17, 15) is 0 Å². The second kappa shape index (κ2) is 9.34. The van der Waals surface area contributed by atoms with E-state index in [1.165, 1.54) is 11.1 Å². The van der Waals surface area contributed by atoms with Crippen LogP contribution in [0.2, 0.25) is 0 Å². The number of hydrogen-bond donors (Lipinski definition) is 0. The van der Waals surface area contributed by atoms with Crippen LogP contribution >= 0.6 is 0 Å². The third kappa shape index (κ3) is 6.20. The first kappa shape index (κ1) is 15.4. The topological polar surface area (TPSA) is 27.1 Å². The normalized spacial score (nSPS) is 9.84. The van der Waals surface area contributed by atoms with Crippen molar-refractivity contribution < 1.29 is 4.74 Å². The van der Waals surface area contributed by atoms with Crippen LogP contribution in [0.4, 0.5) is 0 Å². The van der Waals surface area contributed by atoms with E-state index in [1.54, 1.807) is 0 Å². The van der Waals surface area contributed by atoms with Crippen LogP contribution in [0.25, 0.3) is 0 Å². The van der Waals surface area contributed by atoms with Crippen LogP contribution in [-0.4, -0.2) is 16.4 Å². The van der Waals surface area contributed by atoms with Crippen molar-refractivity contribution in [3.8, 4) is 0 Å². The van der Waals surface area contributed by atoms with E-state index in [2.05, 4.69) is 30.4 Å². The summed E-state index contributed by atoms with van der Waals surface area (Å²) in [5, 5.41) is 4.23. The molecule has 3 heteroatoms. The smallest absolute Gasteiger partial charge is 0.0716 e. The molecular weight excluding hydrogens is 236 g/mol. The number of aryl methyl sites for hydroxylation is 2. The summed E-state index contributed by atoms with van der Waals surface area (Å²) in [6.07, 6.45) is 4.93. The molecule has 104 valence electrons. The van der Waals surface area contributed by atoms with Gasteiger partial charge in [-0.25, -0.2) is 0 Å². The summed E-state index contributed by atoms with van der Waals surface area (Å²) in [5.41, 5.74) is 2.43. The Bertz CT molecular complexity index is 437. The Labute approximate surface area is 116 Å². The van der Waals surface area contributed by atoms with Crippen LogP contribution in [0, 0.1) is 6.92 Å². The molecule has 0 bridgehead atoms. The molecule has 0 aliphatic rings. The molecule has 0 saturated carbocycles. The van der Waals surface area contributed by atoms with E-state index >= 15 is 0 Å². The minimum absolute atomic E-state index is 0.693. The van der Waals surface area contributed by atoms with Crippen molar-refractivity contribution in [2.75, 3.05) is 6.61 Å². The molecule has 0 radical (unpaired) electrons. The minimum Gasteiger partial charge on any atom is -0.377 e. The van der Waals surface area contributed by atoms with Gasteiger partial charge < -0.3 is 4.74 Å². The van der Waals surface area contributed by atoms with Gasteiger partial charge in [-0.2, -0.15) is 5.10 Å². The van der Waals surface area contributed by atoms with Gasteiger partial charge in [0.2, 0.25) is 0 Å². The highest BCUT2D eigenvalue weighted by molar-refractivity contribution is 5.13. The summed E-state index contributed by atoms with van der Waals surface area (Å²) in [6.45, 7) is 8.44. The Morgan fingerprint density at radius 2 is 1.89 bits per heavy atom. The van der Waals surface area contributed by atoms with Crippen LogP contribution in [0.5, 0.6) is 0 Å². The standard InChI is InChI=1S/C14H18N2O.C2H6/c1-13-10-15-16(11-13)8-5-9-17-12-14-6-3-2-4-7-14;1-2/h2-4,6-7,10-11H,5,8-9,12H2,1H3;1-2H3. The zero-order valence-electron chi connectivity index (χ0n) is 12.2. The maximum Gasteiger partial charge on any atom is 0.0716 e. The van der Waals surface area contributed by atoms with E-state index in [4.69, 9.17) is 4.74 Å². The molecule has 3 nitrogen and oxygen atoms in total.